The average Bonchev–Trinajstić information content (AvgIpc) is 2.89. The number of sulfone groups is 1. The lowest BCUT2D eigenvalue weighted by Gasteiger charge is -2.08. The van der Waals surface area contributed by atoms with Gasteiger partial charge in [-0.3, -0.25) is 9.59 Å². The Hall–Kier alpha value is -1.54. The summed E-state index contributed by atoms with van der Waals surface area (Å²) in [6.07, 6.45) is 0.567. The van der Waals surface area contributed by atoms with E-state index in [1.165, 1.54) is 11.8 Å². The molecule has 8 heteroatoms. The maximum absolute atomic E-state index is 11.6. The van der Waals surface area contributed by atoms with Crippen LogP contribution in [0.5, 0.6) is 0 Å². The number of nitrogens with one attached hydrogen (secondary N) is 1. The summed E-state index contributed by atoms with van der Waals surface area (Å²) >= 11 is 1.27. The minimum absolute atomic E-state index is 0.0561. The van der Waals surface area contributed by atoms with Gasteiger partial charge >= 0.3 is 5.97 Å². The van der Waals surface area contributed by atoms with E-state index in [1.54, 1.807) is 0 Å². The van der Waals surface area contributed by atoms with Crippen molar-refractivity contribution < 1.29 is 22.7 Å². The molecule has 0 aliphatic carbocycles. The molecule has 1 aromatic carbocycles. The van der Waals surface area contributed by atoms with Crippen LogP contribution in [-0.2, 0) is 30.7 Å². The second kappa shape index (κ2) is 8.35. The highest BCUT2D eigenvalue weighted by Crippen LogP contribution is 2.24. The van der Waals surface area contributed by atoms with E-state index in [9.17, 15) is 18.0 Å². The molecule has 0 spiro atoms. The number of esters is 1. The van der Waals surface area contributed by atoms with Crippen molar-refractivity contribution in [2.24, 2.45) is 0 Å². The van der Waals surface area contributed by atoms with Gasteiger partial charge in [-0.25, -0.2) is 8.42 Å². The largest absolute Gasteiger partial charge is 0.455 e. The first-order chi connectivity index (χ1) is 10.9. The Labute approximate surface area is 139 Å². The van der Waals surface area contributed by atoms with Gasteiger partial charge in [-0.2, -0.15) is 0 Å². The third kappa shape index (κ3) is 6.62. The fraction of sp³-hybridized carbons (Fsp3) is 0.467. The van der Waals surface area contributed by atoms with Gasteiger partial charge < -0.3 is 10.1 Å². The Morgan fingerprint density at radius 2 is 2.00 bits per heavy atom. The van der Waals surface area contributed by atoms with E-state index in [1.807, 2.05) is 30.3 Å². The molecule has 0 unspecified atom stereocenters. The fourth-order valence-electron chi connectivity index (χ4n) is 2.11. The van der Waals surface area contributed by atoms with Gasteiger partial charge in [0.15, 0.2) is 16.4 Å². The summed E-state index contributed by atoms with van der Waals surface area (Å²) in [5, 5.41) is 2.60. The topological polar surface area (TPSA) is 89.5 Å². The third-order valence-electron chi connectivity index (χ3n) is 3.32. The Balaban J connectivity index is 1.59. The van der Waals surface area contributed by atoms with Crippen LogP contribution in [0.15, 0.2) is 30.3 Å². The molecule has 1 amide bonds. The molecule has 1 aliphatic rings. The van der Waals surface area contributed by atoms with Gasteiger partial charge in [0.05, 0.1) is 17.3 Å². The number of amides is 1. The normalized spacial score (nSPS) is 19.2. The number of benzene rings is 1. The number of hydrogen-bond donors (Lipinski definition) is 1. The van der Waals surface area contributed by atoms with E-state index in [4.69, 9.17) is 4.74 Å². The summed E-state index contributed by atoms with van der Waals surface area (Å²) < 4.78 is 27.5. The van der Waals surface area contributed by atoms with Crippen molar-refractivity contribution in [3.63, 3.8) is 0 Å². The van der Waals surface area contributed by atoms with E-state index >= 15 is 0 Å². The number of ether oxygens (including phenoxy) is 1. The first-order valence-electron chi connectivity index (χ1n) is 7.23. The Morgan fingerprint density at radius 1 is 1.26 bits per heavy atom. The molecule has 1 saturated heterocycles. The molecule has 1 N–H and O–H groups in total. The molecule has 1 aliphatic heterocycles. The lowest BCUT2D eigenvalue weighted by molar-refractivity contribution is -0.145. The summed E-state index contributed by atoms with van der Waals surface area (Å²) in [6.45, 7) is 0.0566. The van der Waals surface area contributed by atoms with Gasteiger partial charge in [-0.05, 0) is 12.0 Å². The summed E-state index contributed by atoms with van der Waals surface area (Å²) in [4.78, 5) is 23.2. The zero-order chi connectivity index (χ0) is 16.7. The molecule has 1 aromatic rings. The van der Waals surface area contributed by atoms with E-state index in [0.717, 1.165) is 5.56 Å². The Morgan fingerprint density at radius 3 is 2.65 bits per heavy atom. The van der Waals surface area contributed by atoms with Crippen LogP contribution in [0.4, 0.5) is 0 Å². The van der Waals surface area contributed by atoms with Crippen LogP contribution in [0, 0.1) is 0 Å². The van der Waals surface area contributed by atoms with Gasteiger partial charge in [0.25, 0.3) is 5.91 Å². The second-order valence-electron chi connectivity index (χ2n) is 5.26. The van der Waals surface area contributed by atoms with Crippen LogP contribution in [-0.4, -0.2) is 49.4 Å². The molecular formula is C15H19NO5S2. The molecule has 0 saturated carbocycles. The number of carbonyl (C=O) groups excluding carboxylic acids is 2. The zero-order valence-corrected chi connectivity index (χ0v) is 14.2. The van der Waals surface area contributed by atoms with Crippen LogP contribution in [0.3, 0.4) is 0 Å². The number of carbonyl (C=O) groups is 2. The molecular weight excluding hydrogens is 338 g/mol. The van der Waals surface area contributed by atoms with Crippen molar-refractivity contribution >= 4 is 33.5 Å². The monoisotopic (exact) mass is 357 g/mol. The third-order valence-corrected chi connectivity index (χ3v) is 6.58. The summed E-state index contributed by atoms with van der Waals surface area (Å²) in [5.74, 6) is -0.513. The van der Waals surface area contributed by atoms with Crippen molar-refractivity contribution in [1.82, 2.24) is 5.32 Å². The van der Waals surface area contributed by atoms with Gasteiger partial charge in [0, 0.05) is 11.8 Å². The number of thioether (sulfide) groups is 1. The first-order valence-corrected chi connectivity index (χ1v) is 10.1. The Bertz CT molecular complexity index is 645. The molecule has 6 nitrogen and oxygen atoms in total. The molecule has 1 atom stereocenters. The lowest BCUT2D eigenvalue weighted by Crippen LogP contribution is -2.28. The van der Waals surface area contributed by atoms with Crippen LogP contribution < -0.4 is 5.32 Å². The Kier molecular flexibility index (Phi) is 6.47. The molecule has 2 rings (SSSR count). The molecule has 1 heterocycles. The van der Waals surface area contributed by atoms with Crippen LogP contribution >= 0.6 is 11.8 Å². The van der Waals surface area contributed by atoms with E-state index in [-0.39, 0.29) is 35.0 Å². The molecule has 126 valence electrons. The van der Waals surface area contributed by atoms with Crippen molar-refractivity contribution in [3.8, 4) is 0 Å². The predicted molar refractivity (Wildman–Crippen MR) is 88.8 cm³/mol. The summed E-state index contributed by atoms with van der Waals surface area (Å²) in [7, 11) is -2.94. The minimum Gasteiger partial charge on any atom is -0.455 e. The van der Waals surface area contributed by atoms with E-state index in [2.05, 4.69) is 5.32 Å². The minimum atomic E-state index is -2.94. The van der Waals surface area contributed by atoms with E-state index < -0.39 is 15.8 Å². The smallest absolute Gasteiger partial charge is 0.316 e. The van der Waals surface area contributed by atoms with Gasteiger partial charge in [-0.15, -0.1) is 11.8 Å². The summed E-state index contributed by atoms with van der Waals surface area (Å²) in [6, 6.07) is 9.42. The van der Waals surface area contributed by atoms with Crippen LogP contribution in [0.2, 0.25) is 0 Å². The maximum atomic E-state index is 11.6. The van der Waals surface area contributed by atoms with Crippen molar-refractivity contribution in [1.29, 1.82) is 0 Å². The van der Waals surface area contributed by atoms with Gasteiger partial charge in [0.2, 0.25) is 0 Å². The zero-order valence-electron chi connectivity index (χ0n) is 12.6. The van der Waals surface area contributed by atoms with Gasteiger partial charge in [-0.1, -0.05) is 30.3 Å². The SMILES string of the molecule is O=C(COC(=O)CS[C@H]1CCS(=O)(=O)C1)NCc1ccccc1. The molecule has 0 bridgehead atoms. The quantitative estimate of drug-likeness (QED) is 0.725. The average molecular weight is 357 g/mol. The highest BCUT2D eigenvalue weighted by molar-refractivity contribution is 8.02. The van der Waals surface area contributed by atoms with Crippen molar-refractivity contribution in [2.45, 2.75) is 18.2 Å². The van der Waals surface area contributed by atoms with Crippen LogP contribution in [0.1, 0.15) is 12.0 Å². The van der Waals surface area contributed by atoms with E-state index in [0.29, 0.717) is 13.0 Å². The highest BCUT2D eigenvalue weighted by Gasteiger charge is 2.28. The lowest BCUT2D eigenvalue weighted by atomic mass is 10.2. The number of rotatable bonds is 7. The first kappa shape index (κ1) is 17.8. The molecule has 1 fully saturated rings. The molecule has 23 heavy (non-hydrogen) atoms. The number of hydrogen-bond acceptors (Lipinski definition) is 6. The standard InChI is InChI=1S/C15H19NO5S2/c17-14(16-8-12-4-2-1-3-5-12)9-21-15(18)10-22-13-6-7-23(19,20)11-13/h1-5,13H,6-11H2,(H,16,17)/t13-/m0/s1. The predicted octanol–water partition coefficient (Wildman–Crippen LogP) is 0.766. The van der Waals surface area contributed by atoms with Crippen molar-refractivity contribution in [3.05, 3.63) is 35.9 Å². The maximum Gasteiger partial charge on any atom is 0.316 e. The molecule has 0 aromatic heterocycles. The highest BCUT2D eigenvalue weighted by atomic mass is 32.2. The summed E-state index contributed by atoms with van der Waals surface area (Å²) in [5.41, 5.74) is 0.963. The second-order valence-corrected chi connectivity index (χ2v) is 8.78. The van der Waals surface area contributed by atoms with Crippen molar-refractivity contribution in [2.75, 3.05) is 23.9 Å². The fourth-order valence-corrected chi connectivity index (χ4v) is 5.55. The van der Waals surface area contributed by atoms with Gasteiger partial charge in [0.1, 0.15) is 0 Å². The molecule has 0 radical (unpaired) electrons. The van der Waals surface area contributed by atoms with Crippen LogP contribution in [0.25, 0.3) is 0 Å².